The van der Waals surface area contributed by atoms with E-state index < -0.39 is 0 Å². The first-order valence-electron chi connectivity index (χ1n) is 9.67. The molecule has 3 saturated heterocycles. The minimum atomic E-state index is -0.0262. The van der Waals surface area contributed by atoms with Gasteiger partial charge in [-0.3, -0.25) is 14.6 Å². The average molecular weight is 472 g/mol. The second-order valence-electron chi connectivity index (χ2n) is 7.47. The maximum absolute atomic E-state index is 12.4. The lowest BCUT2D eigenvalue weighted by atomic mass is 10.0. The topological polar surface area (TPSA) is 76.3 Å². The molecule has 1 aromatic carbocycles. The minimum Gasteiger partial charge on any atom is -0.504 e. The van der Waals surface area contributed by atoms with Gasteiger partial charge in [-0.1, -0.05) is 23.2 Å². The Morgan fingerprint density at radius 1 is 0.903 bits per heavy atom. The van der Waals surface area contributed by atoms with Crippen LogP contribution in [0.15, 0.2) is 47.6 Å². The van der Waals surface area contributed by atoms with Crippen LogP contribution < -0.4 is 0 Å². The van der Waals surface area contributed by atoms with Crippen molar-refractivity contribution in [3.05, 3.63) is 57.6 Å². The number of hydrogen-bond acceptors (Lipinski definition) is 7. The van der Waals surface area contributed by atoms with E-state index in [-0.39, 0.29) is 39.7 Å². The van der Waals surface area contributed by atoms with Crippen molar-refractivity contribution in [3.8, 4) is 5.75 Å². The molecule has 2 aromatic rings. The summed E-state index contributed by atoms with van der Waals surface area (Å²) in [6.07, 6.45) is 3.10. The number of pyridine rings is 1. The number of rotatable bonds is 3. The van der Waals surface area contributed by atoms with Crippen LogP contribution in [-0.4, -0.2) is 93.0 Å². The van der Waals surface area contributed by atoms with E-state index in [4.69, 9.17) is 23.2 Å². The van der Waals surface area contributed by atoms with Gasteiger partial charge in [0.05, 0.1) is 15.7 Å². The number of Topliss-reactive ketones (excluding diaryl/α,β-unsaturated/α-hetero) is 1. The summed E-state index contributed by atoms with van der Waals surface area (Å²) < 4.78 is 0. The number of carbonyl (C=O) groups excluding carboxylic acids is 2. The van der Waals surface area contributed by atoms with E-state index in [1.54, 1.807) is 18.3 Å². The van der Waals surface area contributed by atoms with Gasteiger partial charge in [-0.2, -0.15) is 0 Å². The van der Waals surface area contributed by atoms with Gasteiger partial charge >= 0.3 is 0 Å². The number of allylic oxidation sites excluding steroid dienone is 1. The Hall–Kier alpha value is -2.24. The molecule has 1 aliphatic carbocycles. The molecular formula is C21H18AlCl2N4O3. The lowest BCUT2D eigenvalue weighted by Gasteiger charge is -2.21. The highest BCUT2D eigenvalue weighted by molar-refractivity contribution is 6.39. The molecule has 6 rings (SSSR count). The third-order valence-electron chi connectivity index (χ3n) is 5.26. The smallest absolute Gasteiger partial charge is 0.227 e. The summed E-state index contributed by atoms with van der Waals surface area (Å²) in [4.78, 5) is 34.5. The van der Waals surface area contributed by atoms with Gasteiger partial charge in [0.25, 0.3) is 0 Å². The fourth-order valence-corrected chi connectivity index (χ4v) is 3.95. The average Bonchev–Trinajstić information content (AvgIpc) is 3.55. The first-order valence-corrected chi connectivity index (χ1v) is 10.4. The van der Waals surface area contributed by atoms with Gasteiger partial charge in [-0.25, -0.2) is 0 Å². The highest BCUT2D eigenvalue weighted by Gasteiger charge is 2.43. The van der Waals surface area contributed by atoms with Gasteiger partial charge in [0.15, 0.2) is 5.75 Å². The molecular weight excluding hydrogens is 454 g/mol. The molecule has 31 heavy (non-hydrogen) atoms. The second-order valence-corrected chi connectivity index (χ2v) is 8.28. The maximum atomic E-state index is 12.4. The number of phenols is 1. The van der Waals surface area contributed by atoms with Gasteiger partial charge in [0.2, 0.25) is 11.6 Å². The standard InChI is InChI=1S/C12H13N3O2.C9H5Cl2NO.Al/c16-9-7-8(13-1-2-13)12(17)11(15-5-6-15)10(9)14-3-4-14;10-6-4-7(11)9(13)8-5(6)2-1-3-12-8;/h7H,1-6H2;1-4,13H;. The Balaban J connectivity index is 0.000000150. The molecule has 4 heterocycles. The van der Waals surface area contributed by atoms with Crippen LogP contribution >= 0.6 is 23.2 Å². The zero-order valence-electron chi connectivity index (χ0n) is 16.5. The van der Waals surface area contributed by atoms with Crippen molar-refractivity contribution in [2.45, 2.75) is 0 Å². The van der Waals surface area contributed by atoms with Crippen molar-refractivity contribution in [2.75, 3.05) is 39.3 Å². The molecule has 157 valence electrons. The highest BCUT2D eigenvalue weighted by atomic mass is 35.5. The van der Waals surface area contributed by atoms with Gasteiger partial charge in [-0.15, -0.1) is 0 Å². The number of nitrogens with zero attached hydrogens (tertiary/aromatic N) is 4. The summed E-state index contributed by atoms with van der Waals surface area (Å²) >= 11 is 11.6. The molecule has 3 aliphatic heterocycles. The van der Waals surface area contributed by atoms with Crippen molar-refractivity contribution in [1.82, 2.24) is 19.7 Å². The molecule has 0 atom stereocenters. The molecule has 4 aliphatic rings. The van der Waals surface area contributed by atoms with Crippen LogP contribution in [0.25, 0.3) is 10.9 Å². The molecule has 1 aromatic heterocycles. The Bertz CT molecular complexity index is 1150. The zero-order valence-corrected chi connectivity index (χ0v) is 19.2. The van der Waals surface area contributed by atoms with Crippen molar-refractivity contribution in [3.63, 3.8) is 0 Å². The molecule has 3 radical (unpaired) electrons. The minimum absolute atomic E-state index is 0. The number of phenolic OH excluding ortho intramolecular Hbond substituents is 1. The molecule has 0 spiro atoms. The lowest BCUT2D eigenvalue weighted by Crippen LogP contribution is -2.29. The third kappa shape index (κ3) is 4.26. The first kappa shape index (κ1) is 22.0. The Morgan fingerprint density at radius 3 is 2.13 bits per heavy atom. The summed E-state index contributed by atoms with van der Waals surface area (Å²) in [6, 6.07) is 5.03. The SMILES string of the molecule is O=C1C=C(N2CC2)C(=O)C(N2CC2)=C1N1CC1.Oc1c(Cl)cc(Cl)c2cccnc12.[Al]. The lowest BCUT2D eigenvalue weighted by molar-refractivity contribution is -0.117. The van der Waals surface area contributed by atoms with Crippen LogP contribution in [0.1, 0.15) is 0 Å². The van der Waals surface area contributed by atoms with E-state index in [0.29, 0.717) is 33.0 Å². The predicted octanol–water partition coefficient (Wildman–Crippen LogP) is 2.05. The van der Waals surface area contributed by atoms with E-state index in [0.717, 1.165) is 39.3 Å². The largest absolute Gasteiger partial charge is 0.504 e. The molecule has 0 amide bonds. The summed E-state index contributed by atoms with van der Waals surface area (Å²) in [5.41, 5.74) is 2.32. The van der Waals surface area contributed by atoms with E-state index in [1.807, 2.05) is 14.7 Å². The van der Waals surface area contributed by atoms with Crippen molar-refractivity contribution < 1.29 is 14.7 Å². The first-order chi connectivity index (χ1) is 14.5. The zero-order chi connectivity index (χ0) is 21.0. The van der Waals surface area contributed by atoms with Crippen LogP contribution in [0.2, 0.25) is 10.0 Å². The van der Waals surface area contributed by atoms with Crippen molar-refractivity contribution in [1.29, 1.82) is 0 Å². The van der Waals surface area contributed by atoms with Crippen LogP contribution in [0, 0.1) is 0 Å². The van der Waals surface area contributed by atoms with E-state index in [2.05, 4.69) is 4.98 Å². The summed E-state index contributed by atoms with van der Waals surface area (Å²) in [7, 11) is 0. The molecule has 0 saturated carbocycles. The van der Waals surface area contributed by atoms with Crippen LogP contribution in [0.4, 0.5) is 0 Å². The van der Waals surface area contributed by atoms with Gasteiger partial charge in [0, 0.05) is 74.3 Å². The Morgan fingerprint density at radius 2 is 1.52 bits per heavy atom. The monoisotopic (exact) mass is 471 g/mol. The maximum Gasteiger partial charge on any atom is 0.227 e. The summed E-state index contributed by atoms with van der Waals surface area (Å²) in [5, 5.41) is 10.9. The number of benzene rings is 1. The summed E-state index contributed by atoms with van der Waals surface area (Å²) in [6.45, 7) is 5.41. The van der Waals surface area contributed by atoms with Crippen LogP contribution in [0.5, 0.6) is 5.75 Å². The molecule has 3 fully saturated rings. The predicted molar refractivity (Wildman–Crippen MR) is 119 cm³/mol. The quantitative estimate of drug-likeness (QED) is 0.417. The molecule has 10 heteroatoms. The second kappa shape index (κ2) is 8.36. The third-order valence-corrected chi connectivity index (χ3v) is 5.86. The normalized spacial score (nSPS) is 19.0. The van der Waals surface area contributed by atoms with Gasteiger partial charge in [0.1, 0.15) is 16.9 Å². The van der Waals surface area contributed by atoms with Gasteiger partial charge in [-0.05, 0) is 18.2 Å². The molecule has 0 bridgehead atoms. The summed E-state index contributed by atoms with van der Waals surface area (Å²) in [5.74, 6) is 0.0223. The number of hydrogen-bond donors (Lipinski definition) is 1. The fraction of sp³-hybridized carbons (Fsp3) is 0.286. The van der Waals surface area contributed by atoms with Crippen molar-refractivity contribution in [2.24, 2.45) is 0 Å². The van der Waals surface area contributed by atoms with Crippen LogP contribution in [0.3, 0.4) is 0 Å². The van der Waals surface area contributed by atoms with Crippen LogP contribution in [-0.2, 0) is 9.59 Å². The van der Waals surface area contributed by atoms with E-state index >= 15 is 0 Å². The van der Waals surface area contributed by atoms with E-state index in [1.165, 1.54) is 12.1 Å². The number of aromatic hydroxyl groups is 1. The highest BCUT2D eigenvalue weighted by Crippen LogP contribution is 2.36. The molecule has 0 unspecified atom stereocenters. The number of fused-ring (bicyclic) bond motifs is 1. The molecule has 1 N–H and O–H groups in total. The van der Waals surface area contributed by atoms with Gasteiger partial charge < -0.3 is 19.8 Å². The number of ketones is 2. The number of halogens is 2. The number of aromatic nitrogens is 1. The van der Waals surface area contributed by atoms with E-state index in [9.17, 15) is 14.7 Å². The Kier molecular flexibility index (Phi) is 5.93. The number of carbonyl (C=O) groups is 2. The Labute approximate surface area is 199 Å². The van der Waals surface area contributed by atoms with Crippen molar-refractivity contribution >= 4 is 63.0 Å². The molecule has 7 nitrogen and oxygen atoms in total. The fourth-order valence-electron chi connectivity index (χ4n) is 3.43.